The van der Waals surface area contributed by atoms with Crippen LogP contribution in [0.5, 0.6) is 0 Å². The monoisotopic (exact) mass is 311 g/mol. The predicted octanol–water partition coefficient (Wildman–Crippen LogP) is 3.14. The molecule has 1 aromatic carbocycles. The predicted molar refractivity (Wildman–Crippen MR) is 78.7 cm³/mol. The molecule has 0 aromatic heterocycles. The second-order valence-corrected chi connectivity index (χ2v) is 6.21. The molecule has 2 rings (SSSR count). The van der Waals surface area contributed by atoms with Crippen molar-refractivity contribution in [2.24, 2.45) is 0 Å². The second kappa shape index (κ2) is 6.22. The highest BCUT2D eigenvalue weighted by Gasteiger charge is 2.36. The van der Waals surface area contributed by atoms with Gasteiger partial charge in [0.15, 0.2) is 6.23 Å². The molecule has 0 spiro atoms. The number of rotatable bonds is 2. The van der Waals surface area contributed by atoms with Gasteiger partial charge in [-0.15, -0.1) is 0 Å². The Labute approximate surface area is 129 Å². The molecule has 1 aliphatic heterocycles. The van der Waals surface area contributed by atoms with E-state index in [0.717, 1.165) is 0 Å². The van der Waals surface area contributed by atoms with E-state index in [4.69, 9.17) is 9.47 Å². The van der Waals surface area contributed by atoms with Crippen molar-refractivity contribution < 1.29 is 23.8 Å². The quantitative estimate of drug-likeness (QED) is 0.911. The van der Waals surface area contributed by atoms with Gasteiger partial charge in [-0.25, -0.2) is 9.18 Å². The first-order valence-electron chi connectivity index (χ1n) is 7.32. The zero-order valence-corrected chi connectivity index (χ0v) is 13.3. The average Bonchev–Trinajstić information content (AvgIpc) is 2.40. The number of carbonyl (C=O) groups excluding carboxylic acids is 1. The number of hydrogen-bond donors (Lipinski definition) is 1. The average molecular weight is 311 g/mol. The first-order valence-corrected chi connectivity index (χ1v) is 7.32. The van der Waals surface area contributed by atoms with Crippen molar-refractivity contribution in [3.63, 3.8) is 0 Å². The number of fused-ring (bicyclic) bond motifs is 1. The molecule has 0 aliphatic carbocycles. The first kappa shape index (κ1) is 16.7. The van der Waals surface area contributed by atoms with Crippen molar-refractivity contribution >= 4 is 6.09 Å². The third-order valence-electron chi connectivity index (χ3n) is 3.36. The maximum atomic E-state index is 14.2. The molecule has 2 atom stereocenters. The Balaban J connectivity index is 2.36. The number of nitrogens with zero attached hydrogens (tertiary/aromatic N) is 1. The van der Waals surface area contributed by atoms with E-state index >= 15 is 0 Å². The number of aliphatic hydroxyl groups is 1. The third kappa shape index (κ3) is 3.39. The molecule has 122 valence electrons. The molecule has 1 amide bonds. The molecule has 22 heavy (non-hydrogen) atoms. The van der Waals surface area contributed by atoms with E-state index < -0.39 is 29.8 Å². The van der Waals surface area contributed by atoms with E-state index in [1.54, 1.807) is 33.8 Å². The fourth-order valence-electron chi connectivity index (χ4n) is 2.42. The molecule has 0 saturated heterocycles. The van der Waals surface area contributed by atoms with Crippen LogP contribution in [0, 0.1) is 5.82 Å². The minimum Gasteiger partial charge on any atom is -0.444 e. The molecule has 1 aliphatic rings. The van der Waals surface area contributed by atoms with Gasteiger partial charge in [0.1, 0.15) is 17.5 Å². The summed E-state index contributed by atoms with van der Waals surface area (Å²) in [5, 5.41) is 9.96. The summed E-state index contributed by atoms with van der Waals surface area (Å²) in [4.78, 5) is 13.6. The highest BCUT2D eigenvalue weighted by atomic mass is 19.1. The second-order valence-electron chi connectivity index (χ2n) is 6.21. The van der Waals surface area contributed by atoms with Crippen LogP contribution in [0.1, 0.15) is 51.2 Å². The minimum atomic E-state index is -0.903. The van der Waals surface area contributed by atoms with Gasteiger partial charge in [-0.05, 0) is 39.3 Å². The smallest absolute Gasteiger partial charge is 0.412 e. The molecule has 0 fully saturated rings. The van der Waals surface area contributed by atoms with Gasteiger partial charge in [-0.1, -0.05) is 12.1 Å². The Morgan fingerprint density at radius 2 is 2.18 bits per heavy atom. The zero-order valence-electron chi connectivity index (χ0n) is 13.3. The molecule has 1 heterocycles. The number of benzene rings is 1. The van der Waals surface area contributed by atoms with Gasteiger partial charge in [-0.3, -0.25) is 4.90 Å². The molecule has 1 aromatic rings. The lowest BCUT2D eigenvalue weighted by atomic mass is 9.98. The number of hydrogen-bond acceptors (Lipinski definition) is 4. The molecule has 5 nitrogen and oxygen atoms in total. The molecule has 0 radical (unpaired) electrons. The fourth-order valence-corrected chi connectivity index (χ4v) is 2.42. The van der Waals surface area contributed by atoms with E-state index in [1.165, 1.54) is 17.0 Å². The fraction of sp³-hybridized carbons (Fsp3) is 0.562. The van der Waals surface area contributed by atoms with Gasteiger partial charge in [0.25, 0.3) is 0 Å². The van der Waals surface area contributed by atoms with Gasteiger partial charge >= 0.3 is 6.09 Å². The highest BCUT2D eigenvalue weighted by Crippen LogP contribution is 2.36. The number of halogens is 1. The maximum absolute atomic E-state index is 14.2. The van der Waals surface area contributed by atoms with Crippen molar-refractivity contribution in [1.82, 2.24) is 4.90 Å². The summed E-state index contributed by atoms with van der Waals surface area (Å²) >= 11 is 0. The Morgan fingerprint density at radius 3 is 2.77 bits per heavy atom. The van der Waals surface area contributed by atoms with E-state index in [0.29, 0.717) is 12.1 Å². The van der Waals surface area contributed by atoms with Crippen LogP contribution in [0.15, 0.2) is 18.2 Å². The Bertz CT molecular complexity index is 556. The van der Waals surface area contributed by atoms with Crippen LogP contribution in [-0.2, 0) is 9.47 Å². The summed E-state index contributed by atoms with van der Waals surface area (Å²) in [5.41, 5.74) is -0.0243. The van der Waals surface area contributed by atoms with Gasteiger partial charge in [-0.2, -0.15) is 0 Å². The summed E-state index contributed by atoms with van der Waals surface area (Å²) < 4.78 is 25.1. The number of carbonyl (C=O) groups is 1. The van der Waals surface area contributed by atoms with Crippen LogP contribution in [0.2, 0.25) is 0 Å². The minimum absolute atomic E-state index is 0.000415. The molecular formula is C16H22FNO4. The molecular weight excluding hydrogens is 289 g/mol. The van der Waals surface area contributed by atoms with Gasteiger partial charge in [0, 0.05) is 12.1 Å². The lowest BCUT2D eigenvalue weighted by Crippen LogP contribution is -2.42. The van der Waals surface area contributed by atoms with Crippen molar-refractivity contribution in [2.75, 3.05) is 13.2 Å². The van der Waals surface area contributed by atoms with E-state index in [9.17, 15) is 14.3 Å². The molecule has 1 N–H and O–H groups in total. The van der Waals surface area contributed by atoms with Crippen molar-refractivity contribution in [3.8, 4) is 0 Å². The normalized spacial score (nSPS) is 21.2. The van der Waals surface area contributed by atoms with Gasteiger partial charge in [0.05, 0.1) is 6.61 Å². The lowest BCUT2D eigenvalue weighted by Gasteiger charge is -2.37. The number of aliphatic hydroxyl groups excluding tert-OH is 1. The van der Waals surface area contributed by atoms with E-state index in [2.05, 4.69) is 0 Å². The Hall–Kier alpha value is -1.66. The van der Waals surface area contributed by atoms with Gasteiger partial charge < -0.3 is 14.6 Å². The third-order valence-corrected chi connectivity index (χ3v) is 3.36. The topological polar surface area (TPSA) is 59.0 Å². The Morgan fingerprint density at radius 1 is 1.50 bits per heavy atom. The van der Waals surface area contributed by atoms with Crippen molar-refractivity contribution in [3.05, 3.63) is 35.1 Å². The van der Waals surface area contributed by atoms with Crippen LogP contribution >= 0.6 is 0 Å². The largest absolute Gasteiger partial charge is 0.444 e. The van der Waals surface area contributed by atoms with Crippen LogP contribution in [0.3, 0.4) is 0 Å². The van der Waals surface area contributed by atoms with Crippen LogP contribution in [0.25, 0.3) is 0 Å². The molecule has 6 heteroatoms. The molecule has 2 unspecified atom stereocenters. The van der Waals surface area contributed by atoms with Crippen LogP contribution < -0.4 is 0 Å². The Kier molecular flexibility index (Phi) is 4.72. The zero-order chi connectivity index (χ0) is 16.5. The standard InChI is InChI=1S/C16H22FNO4/c1-5-18(15(20)22-16(2,3)4)14-13-10(12(19)9-21-14)7-6-8-11(13)17/h6-8,12,14,19H,5,9H2,1-4H3. The lowest BCUT2D eigenvalue weighted by molar-refractivity contribution is -0.106. The van der Waals surface area contributed by atoms with Crippen molar-refractivity contribution in [2.45, 2.75) is 45.6 Å². The summed E-state index contributed by atoms with van der Waals surface area (Å²) in [6, 6.07) is 4.46. The summed E-state index contributed by atoms with van der Waals surface area (Å²) in [5.74, 6) is -0.511. The maximum Gasteiger partial charge on any atom is 0.412 e. The highest BCUT2D eigenvalue weighted by molar-refractivity contribution is 5.68. The summed E-state index contributed by atoms with van der Waals surface area (Å²) in [6.45, 7) is 7.35. The van der Waals surface area contributed by atoms with E-state index in [-0.39, 0.29) is 12.2 Å². The van der Waals surface area contributed by atoms with Crippen molar-refractivity contribution in [1.29, 1.82) is 0 Å². The number of ether oxygens (including phenoxy) is 2. The van der Waals surface area contributed by atoms with Crippen LogP contribution in [0.4, 0.5) is 9.18 Å². The SMILES string of the molecule is CCN(C(=O)OC(C)(C)C)C1OCC(O)c2cccc(F)c21. The summed E-state index contributed by atoms with van der Waals surface area (Å²) in [6.07, 6.45) is -2.38. The number of amides is 1. The van der Waals surface area contributed by atoms with E-state index in [1.807, 2.05) is 0 Å². The molecule has 0 saturated carbocycles. The molecule has 0 bridgehead atoms. The van der Waals surface area contributed by atoms with Gasteiger partial charge in [0.2, 0.25) is 0 Å². The van der Waals surface area contributed by atoms with Crippen LogP contribution in [-0.4, -0.2) is 34.9 Å². The first-order chi connectivity index (χ1) is 10.2. The summed E-state index contributed by atoms with van der Waals surface area (Å²) in [7, 11) is 0.